The van der Waals surface area contributed by atoms with Crippen molar-refractivity contribution in [3.05, 3.63) is 29.3 Å². The lowest BCUT2D eigenvalue weighted by atomic mass is 9.92. The van der Waals surface area contributed by atoms with E-state index in [-0.39, 0.29) is 11.9 Å². The van der Waals surface area contributed by atoms with Gasteiger partial charge in [0.15, 0.2) is 0 Å². The number of aromatic nitrogens is 1. The summed E-state index contributed by atoms with van der Waals surface area (Å²) in [6.45, 7) is 6.30. The molecule has 3 N–H and O–H groups in total. The minimum atomic E-state index is -0.547. The quantitative estimate of drug-likeness (QED) is 0.882. The lowest BCUT2D eigenvalue weighted by Gasteiger charge is -2.24. The van der Waals surface area contributed by atoms with Crippen LogP contribution >= 0.6 is 11.3 Å². The van der Waals surface area contributed by atoms with Crippen LogP contribution < -0.4 is 11.1 Å². The van der Waals surface area contributed by atoms with Crippen molar-refractivity contribution in [3.63, 3.8) is 0 Å². The zero-order valence-corrected chi connectivity index (χ0v) is 12.3. The maximum Gasteiger partial charge on any atom is 0.224 e. The van der Waals surface area contributed by atoms with Gasteiger partial charge in [-0.25, -0.2) is 0 Å². The van der Waals surface area contributed by atoms with E-state index in [2.05, 4.69) is 23.3 Å². The molecule has 0 fully saturated rings. The number of carbonyl (C=O) groups is 1. The lowest BCUT2D eigenvalue weighted by Crippen LogP contribution is -2.41. The Hall–Kier alpha value is -1.46. The predicted octanol–water partition coefficient (Wildman–Crippen LogP) is 2.46. The minimum absolute atomic E-state index is 0.137. The molecule has 2 heterocycles. The van der Waals surface area contributed by atoms with Crippen LogP contribution in [0.1, 0.15) is 32.4 Å². The average Bonchev–Trinajstić information content (AvgIpc) is 2.82. The van der Waals surface area contributed by atoms with Gasteiger partial charge in [0.1, 0.15) is 0 Å². The standard InChI is InChI=1S/C14H19N3OS/c1-9(17-8-14(2,3)13(15)18)10-6-12-11(16-7-10)4-5-19-12/h4-7,9,17H,8H2,1-3H3,(H2,15,18)/t9-/m0/s1. The molecule has 2 aromatic heterocycles. The molecule has 0 saturated heterocycles. The third kappa shape index (κ3) is 3.11. The van der Waals surface area contributed by atoms with Gasteiger partial charge in [0, 0.05) is 18.8 Å². The fraction of sp³-hybridized carbons (Fsp3) is 0.429. The van der Waals surface area contributed by atoms with E-state index in [0.717, 1.165) is 11.1 Å². The normalized spacial score (nSPS) is 13.6. The number of thiophene rings is 1. The number of fused-ring (bicyclic) bond motifs is 1. The maximum atomic E-state index is 11.3. The van der Waals surface area contributed by atoms with Crippen molar-refractivity contribution < 1.29 is 4.79 Å². The molecule has 1 amide bonds. The summed E-state index contributed by atoms with van der Waals surface area (Å²) in [7, 11) is 0. The molecule has 2 aromatic rings. The maximum absolute atomic E-state index is 11.3. The van der Waals surface area contributed by atoms with Crippen molar-refractivity contribution in [2.24, 2.45) is 11.1 Å². The molecule has 0 saturated carbocycles. The van der Waals surface area contributed by atoms with Crippen molar-refractivity contribution >= 4 is 27.5 Å². The molecule has 0 aliphatic heterocycles. The Morgan fingerprint density at radius 1 is 1.58 bits per heavy atom. The van der Waals surface area contributed by atoms with Crippen LogP contribution in [0.4, 0.5) is 0 Å². The monoisotopic (exact) mass is 277 g/mol. The largest absolute Gasteiger partial charge is 0.369 e. The molecule has 4 nitrogen and oxygen atoms in total. The van der Waals surface area contributed by atoms with E-state index in [9.17, 15) is 4.79 Å². The summed E-state index contributed by atoms with van der Waals surface area (Å²) in [4.78, 5) is 15.7. The second-order valence-electron chi connectivity index (χ2n) is 5.42. The second-order valence-corrected chi connectivity index (χ2v) is 6.37. The van der Waals surface area contributed by atoms with Gasteiger partial charge in [-0.3, -0.25) is 9.78 Å². The van der Waals surface area contributed by atoms with Crippen molar-refractivity contribution in [2.75, 3.05) is 6.54 Å². The number of carbonyl (C=O) groups excluding carboxylic acids is 1. The summed E-state index contributed by atoms with van der Waals surface area (Å²) in [5.41, 5.74) is 6.97. The fourth-order valence-corrected chi connectivity index (χ4v) is 2.50. The van der Waals surface area contributed by atoms with E-state index in [0.29, 0.717) is 6.54 Å². The minimum Gasteiger partial charge on any atom is -0.369 e. The first-order chi connectivity index (χ1) is 8.90. The van der Waals surface area contributed by atoms with Crippen LogP contribution in [0.2, 0.25) is 0 Å². The molecule has 2 rings (SSSR count). The molecule has 5 heteroatoms. The Morgan fingerprint density at radius 2 is 2.32 bits per heavy atom. The highest BCUT2D eigenvalue weighted by Crippen LogP contribution is 2.23. The molecule has 102 valence electrons. The highest BCUT2D eigenvalue weighted by molar-refractivity contribution is 7.17. The Bertz CT molecular complexity index is 591. The van der Waals surface area contributed by atoms with Crippen molar-refractivity contribution in [3.8, 4) is 0 Å². The number of hydrogen-bond donors (Lipinski definition) is 2. The van der Waals surface area contributed by atoms with E-state index >= 15 is 0 Å². The molecule has 0 spiro atoms. The van der Waals surface area contributed by atoms with Crippen LogP contribution in [0.5, 0.6) is 0 Å². The molecule has 0 aromatic carbocycles. The first-order valence-electron chi connectivity index (χ1n) is 6.26. The van der Waals surface area contributed by atoms with Crippen LogP contribution in [-0.2, 0) is 4.79 Å². The van der Waals surface area contributed by atoms with Crippen molar-refractivity contribution in [1.82, 2.24) is 10.3 Å². The van der Waals surface area contributed by atoms with E-state index in [1.54, 1.807) is 11.3 Å². The van der Waals surface area contributed by atoms with Gasteiger partial charge < -0.3 is 11.1 Å². The van der Waals surface area contributed by atoms with Crippen molar-refractivity contribution in [2.45, 2.75) is 26.8 Å². The van der Waals surface area contributed by atoms with Crippen LogP contribution in [0.3, 0.4) is 0 Å². The fourth-order valence-electron chi connectivity index (χ4n) is 1.71. The van der Waals surface area contributed by atoms with Crippen LogP contribution in [0, 0.1) is 5.41 Å². The second kappa shape index (κ2) is 5.27. The number of amides is 1. The van der Waals surface area contributed by atoms with Crippen LogP contribution in [0.25, 0.3) is 10.2 Å². The number of rotatable bonds is 5. The van der Waals surface area contributed by atoms with E-state index < -0.39 is 5.41 Å². The summed E-state index contributed by atoms with van der Waals surface area (Å²) < 4.78 is 1.18. The first kappa shape index (κ1) is 14.0. The molecule has 0 radical (unpaired) electrons. The molecule has 0 bridgehead atoms. The highest BCUT2D eigenvalue weighted by atomic mass is 32.1. The topological polar surface area (TPSA) is 68.0 Å². The van der Waals surface area contributed by atoms with E-state index in [1.807, 2.05) is 31.5 Å². The zero-order valence-electron chi connectivity index (χ0n) is 11.4. The van der Waals surface area contributed by atoms with Gasteiger partial charge in [-0.1, -0.05) is 0 Å². The molecule has 0 aliphatic rings. The summed E-state index contributed by atoms with van der Waals surface area (Å²) >= 11 is 1.68. The summed E-state index contributed by atoms with van der Waals surface area (Å²) in [6.07, 6.45) is 1.88. The van der Waals surface area contributed by atoms with Gasteiger partial charge in [-0.15, -0.1) is 11.3 Å². The molecule has 0 aliphatic carbocycles. The van der Waals surface area contributed by atoms with Gasteiger partial charge in [0.25, 0.3) is 0 Å². The number of nitrogens with two attached hydrogens (primary N) is 1. The Balaban J connectivity index is 2.07. The summed E-state index contributed by atoms with van der Waals surface area (Å²) in [5.74, 6) is -0.293. The number of primary amides is 1. The summed E-state index contributed by atoms with van der Waals surface area (Å²) in [5, 5.41) is 5.38. The zero-order chi connectivity index (χ0) is 14.0. The molecular formula is C14H19N3OS. The SMILES string of the molecule is C[C@H](NCC(C)(C)C(N)=O)c1cnc2ccsc2c1. The Labute approximate surface area is 117 Å². The van der Waals surface area contributed by atoms with Gasteiger partial charge in [-0.05, 0) is 43.8 Å². The van der Waals surface area contributed by atoms with E-state index in [4.69, 9.17) is 5.73 Å². The summed E-state index contributed by atoms with van der Waals surface area (Å²) in [6, 6.07) is 4.29. The third-order valence-electron chi connectivity index (χ3n) is 3.34. The van der Waals surface area contributed by atoms with Gasteiger partial charge in [0.05, 0.1) is 15.6 Å². The molecular weight excluding hydrogens is 258 g/mol. The number of pyridine rings is 1. The number of hydrogen-bond acceptors (Lipinski definition) is 4. The van der Waals surface area contributed by atoms with Crippen molar-refractivity contribution in [1.29, 1.82) is 0 Å². The van der Waals surface area contributed by atoms with Gasteiger partial charge in [0.2, 0.25) is 5.91 Å². The van der Waals surface area contributed by atoms with Crippen LogP contribution in [-0.4, -0.2) is 17.4 Å². The van der Waals surface area contributed by atoms with Gasteiger partial charge in [-0.2, -0.15) is 0 Å². The molecule has 1 atom stereocenters. The number of nitrogens with zero attached hydrogens (tertiary/aromatic N) is 1. The van der Waals surface area contributed by atoms with Crippen LogP contribution in [0.15, 0.2) is 23.7 Å². The van der Waals surface area contributed by atoms with Gasteiger partial charge >= 0.3 is 0 Å². The smallest absolute Gasteiger partial charge is 0.224 e. The first-order valence-corrected chi connectivity index (χ1v) is 7.14. The molecule has 19 heavy (non-hydrogen) atoms. The Morgan fingerprint density at radius 3 is 3.00 bits per heavy atom. The van der Waals surface area contributed by atoms with E-state index in [1.165, 1.54) is 4.70 Å². The average molecular weight is 277 g/mol. The lowest BCUT2D eigenvalue weighted by molar-refractivity contribution is -0.125. The molecule has 0 unspecified atom stereocenters. The Kier molecular flexibility index (Phi) is 3.87. The number of nitrogens with one attached hydrogen (secondary N) is 1. The predicted molar refractivity (Wildman–Crippen MR) is 79.0 cm³/mol. The highest BCUT2D eigenvalue weighted by Gasteiger charge is 2.25. The third-order valence-corrected chi connectivity index (χ3v) is 4.19.